The minimum absolute atomic E-state index is 0.236. The standard InChI is InChI=1S/C17H18Cl2FN/c1-3-8-21-17(13-6-5-12(18)10-15(13)19)14-9-11(2)4-7-16(14)20/h4-7,9-10,17,21H,3,8H2,1-2H3. The van der Waals surface area contributed by atoms with E-state index in [1.54, 1.807) is 18.2 Å². The SMILES string of the molecule is CCCNC(c1cc(C)ccc1F)c1ccc(Cl)cc1Cl. The first-order valence-electron chi connectivity index (χ1n) is 6.97. The Morgan fingerprint density at radius 1 is 1.10 bits per heavy atom. The molecule has 1 N–H and O–H groups in total. The van der Waals surface area contributed by atoms with Crippen molar-refractivity contribution in [2.75, 3.05) is 6.54 Å². The molecule has 0 aliphatic heterocycles. The first kappa shape index (κ1) is 16.3. The largest absolute Gasteiger partial charge is 0.306 e. The lowest BCUT2D eigenvalue weighted by atomic mass is 9.96. The van der Waals surface area contributed by atoms with E-state index in [9.17, 15) is 4.39 Å². The molecular weight excluding hydrogens is 308 g/mol. The summed E-state index contributed by atoms with van der Waals surface area (Å²) in [6.45, 7) is 4.79. The number of hydrogen-bond donors (Lipinski definition) is 1. The molecule has 0 saturated carbocycles. The molecule has 0 aromatic heterocycles. The van der Waals surface area contributed by atoms with Crippen molar-refractivity contribution in [2.24, 2.45) is 0 Å². The Hall–Kier alpha value is -1.09. The Bertz CT molecular complexity index is 628. The smallest absolute Gasteiger partial charge is 0.128 e. The minimum Gasteiger partial charge on any atom is -0.306 e. The molecule has 0 heterocycles. The molecule has 2 rings (SSSR count). The molecule has 1 nitrogen and oxygen atoms in total. The van der Waals surface area contributed by atoms with Crippen LogP contribution in [-0.4, -0.2) is 6.54 Å². The van der Waals surface area contributed by atoms with Gasteiger partial charge in [-0.25, -0.2) is 4.39 Å². The van der Waals surface area contributed by atoms with Gasteiger partial charge in [0.1, 0.15) is 5.82 Å². The normalized spacial score (nSPS) is 12.4. The summed E-state index contributed by atoms with van der Waals surface area (Å²) in [5, 5.41) is 4.47. The predicted molar refractivity (Wildman–Crippen MR) is 87.7 cm³/mol. The zero-order valence-corrected chi connectivity index (χ0v) is 13.6. The maximum atomic E-state index is 14.2. The lowest BCUT2D eigenvalue weighted by molar-refractivity contribution is 0.546. The van der Waals surface area contributed by atoms with Crippen molar-refractivity contribution < 1.29 is 4.39 Å². The maximum absolute atomic E-state index is 14.2. The molecule has 2 aromatic rings. The van der Waals surface area contributed by atoms with Gasteiger partial charge in [-0.2, -0.15) is 0 Å². The molecule has 112 valence electrons. The molecule has 2 aromatic carbocycles. The van der Waals surface area contributed by atoms with Crippen LogP contribution in [-0.2, 0) is 0 Å². The van der Waals surface area contributed by atoms with Crippen LogP contribution in [0.5, 0.6) is 0 Å². The van der Waals surface area contributed by atoms with E-state index in [0.29, 0.717) is 15.6 Å². The third kappa shape index (κ3) is 3.97. The molecule has 1 unspecified atom stereocenters. The highest BCUT2D eigenvalue weighted by molar-refractivity contribution is 6.35. The van der Waals surface area contributed by atoms with Crippen molar-refractivity contribution in [2.45, 2.75) is 26.3 Å². The molecule has 0 spiro atoms. The van der Waals surface area contributed by atoms with Crippen LogP contribution in [0.4, 0.5) is 4.39 Å². The molecule has 0 fully saturated rings. The highest BCUT2D eigenvalue weighted by atomic mass is 35.5. The van der Waals surface area contributed by atoms with Crippen molar-refractivity contribution in [3.63, 3.8) is 0 Å². The van der Waals surface area contributed by atoms with Crippen molar-refractivity contribution in [3.8, 4) is 0 Å². The average Bonchev–Trinajstić information content (AvgIpc) is 2.44. The van der Waals surface area contributed by atoms with E-state index in [-0.39, 0.29) is 11.9 Å². The molecule has 1 atom stereocenters. The van der Waals surface area contributed by atoms with Gasteiger partial charge in [0, 0.05) is 15.6 Å². The topological polar surface area (TPSA) is 12.0 Å². The Morgan fingerprint density at radius 3 is 2.52 bits per heavy atom. The molecule has 4 heteroatoms. The number of halogens is 3. The van der Waals surface area contributed by atoms with Crippen molar-refractivity contribution in [1.82, 2.24) is 5.32 Å². The van der Waals surface area contributed by atoms with Crippen LogP contribution >= 0.6 is 23.2 Å². The summed E-state index contributed by atoms with van der Waals surface area (Å²) in [6, 6.07) is 10.1. The third-order valence-corrected chi connectivity index (χ3v) is 3.90. The second-order valence-electron chi connectivity index (χ2n) is 5.08. The summed E-state index contributed by atoms with van der Waals surface area (Å²) in [4.78, 5) is 0. The number of hydrogen-bond acceptors (Lipinski definition) is 1. The molecular formula is C17H18Cl2FN. The molecule has 0 saturated heterocycles. The van der Waals surface area contributed by atoms with Crippen LogP contribution in [0.15, 0.2) is 36.4 Å². The molecule has 0 aliphatic rings. The van der Waals surface area contributed by atoms with Gasteiger partial charge in [0.2, 0.25) is 0 Å². The van der Waals surface area contributed by atoms with E-state index in [1.807, 2.05) is 19.1 Å². The lowest BCUT2D eigenvalue weighted by Gasteiger charge is -2.22. The molecule has 21 heavy (non-hydrogen) atoms. The second kappa shape index (κ2) is 7.26. The van der Waals surface area contributed by atoms with E-state index in [2.05, 4.69) is 12.2 Å². The molecule has 0 amide bonds. The summed E-state index contributed by atoms with van der Waals surface area (Å²) in [5.41, 5.74) is 2.45. The van der Waals surface area contributed by atoms with E-state index in [0.717, 1.165) is 24.1 Å². The summed E-state index contributed by atoms with van der Waals surface area (Å²) in [7, 11) is 0. The van der Waals surface area contributed by atoms with Crippen LogP contribution < -0.4 is 5.32 Å². The van der Waals surface area contributed by atoms with Gasteiger partial charge in [-0.3, -0.25) is 0 Å². The van der Waals surface area contributed by atoms with Crippen LogP contribution in [0.25, 0.3) is 0 Å². The van der Waals surface area contributed by atoms with E-state index < -0.39 is 0 Å². The van der Waals surface area contributed by atoms with E-state index >= 15 is 0 Å². The fraction of sp³-hybridized carbons (Fsp3) is 0.294. The summed E-state index contributed by atoms with van der Waals surface area (Å²) >= 11 is 12.2. The number of aryl methyl sites for hydroxylation is 1. The first-order chi connectivity index (χ1) is 10.0. The summed E-state index contributed by atoms with van der Waals surface area (Å²) in [5.74, 6) is -0.236. The Balaban J connectivity index is 2.49. The third-order valence-electron chi connectivity index (χ3n) is 3.33. The van der Waals surface area contributed by atoms with Gasteiger partial charge in [-0.05, 0) is 43.7 Å². The van der Waals surface area contributed by atoms with Crippen molar-refractivity contribution >= 4 is 23.2 Å². The van der Waals surface area contributed by atoms with Crippen LogP contribution in [0.1, 0.15) is 36.1 Å². The monoisotopic (exact) mass is 325 g/mol. The average molecular weight is 326 g/mol. The van der Waals surface area contributed by atoms with Gasteiger partial charge in [0.15, 0.2) is 0 Å². The first-order valence-corrected chi connectivity index (χ1v) is 7.73. The van der Waals surface area contributed by atoms with Gasteiger partial charge in [0.25, 0.3) is 0 Å². The highest BCUT2D eigenvalue weighted by Crippen LogP contribution is 2.32. The summed E-state index contributed by atoms with van der Waals surface area (Å²) in [6.07, 6.45) is 0.954. The minimum atomic E-state index is -0.283. The number of benzene rings is 2. The van der Waals surface area contributed by atoms with Gasteiger partial charge >= 0.3 is 0 Å². The summed E-state index contributed by atoms with van der Waals surface area (Å²) < 4.78 is 14.2. The second-order valence-corrected chi connectivity index (χ2v) is 5.92. The van der Waals surface area contributed by atoms with E-state index in [4.69, 9.17) is 23.2 Å². The zero-order valence-electron chi connectivity index (χ0n) is 12.1. The quantitative estimate of drug-likeness (QED) is 0.762. The zero-order chi connectivity index (χ0) is 15.4. The van der Waals surface area contributed by atoms with Crippen LogP contribution in [0.2, 0.25) is 10.0 Å². The molecule has 0 radical (unpaired) electrons. The van der Waals surface area contributed by atoms with Gasteiger partial charge in [-0.1, -0.05) is 53.9 Å². The fourth-order valence-electron chi connectivity index (χ4n) is 2.30. The van der Waals surface area contributed by atoms with Crippen molar-refractivity contribution in [3.05, 3.63) is 69.0 Å². The number of rotatable bonds is 5. The Labute approximate surface area is 135 Å². The van der Waals surface area contributed by atoms with Crippen LogP contribution in [0, 0.1) is 12.7 Å². The lowest BCUT2D eigenvalue weighted by Crippen LogP contribution is -2.24. The Kier molecular flexibility index (Phi) is 5.63. The molecule has 0 aliphatic carbocycles. The Morgan fingerprint density at radius 2 is 1.86 bits per heavy atom. The number of nitrogens with one attached hydrogen (secondary N) is 1. The fourth-order valence-corrected chi connectivity index (χ4v) is 2.81. The highest BCUT2D eigenvalue weighted by Gasteiger charge is 2.20. The van der Waals surface area contributed by atoms with Crippen LogP contribution in [0.3, 0.4) is 0 Å². The maximum Gasteiger partial charge on any atom is 0.128 e. The van der Waals surface area contributed by atoms with Gasteiger partial charge in [-0.15, -0.1) is 0 Å². The van der Waals surface area contributed by atoms with Gasteiger partial charge in [0.05, 0.1) is 6.04 Å². The van der Waals surface area contributed by atoms with Crippen molar-refractivity contribution in [1.29, 1.82) is 0 Å². The van der Waals surface area contributed by atoms with E-state index in [1.165, 1.54) is 6.07 Å². The van der Waals surface area contributed by atoms with Gasteiger partial charge < -0.3 is 5.32 Å². The predicted octanol–water partition coefficient (Wildman–Crippen LogP) is 5.53. The molecule has 0 bridgehead atoms.